The third-order valence-corrected chi connectivity index (χ3v) is 5.11. The van der Waals surface area contributed by atoms with Crippen LogP contribution in [-0.4, -0.2) is 62.4 Å². The number of aliphatic hydroxyl groups excluding tert-OH is 1. The van der Waals surface area contributed by atoms with Crippen LogP contribution in [0, 0.1) is 12.7 Å². The normalized spacial score (nSPS) is 19.7. The first-order chi connectivity index (χ1) is 11.9. The molecule has 0 saturated carbocycles. The van der Waals surface area contributed by atoms with Gasteiger partial charge in [-0.2, -0.15) is 0 Å². The van der Waals surface area contributed by atoms with Gasteiger partial charge in [-0.25, -0.2) is 4.39 Å². The van der Waals surface area contributed by atoms with E-state index in [9.17, 15) is 9.50 Å². The zero-order valence-corrected chi connectivity index (χ0v) is 15.1. The maximum Gasteiger partial charge on any atom is 0.146 e. The first-order valence-electron chi connectivity index (χ1n) is 8.65. The summed E-state index contributed by atoms with van der Waals surface area (Å²) in [7, 11) is 4.08. The number of nitrogens with zero attached hydrogens (tertiary/aromatic N) is 5. The molecule has 3 rings (SSSR count). The summed E-state index contributed by atoms with van der Waals surface area (Å²) < 4.78 is 15.3. The standard InChI is InChI=1S/C18H26FN5O/c1-13-20-21-18(23(13)3)12-22(2)16-7-8-24(10-16)11-17(25)14-5-4-6-15(19)9-14/h4-6,9,16-17,25H,7-8,10-12H2,1-3H3/t16-,17-/m1/s1. The molecule has 1 aromatic carbocycles. The summed E-state index contributed by atoms with van der Waals surface area (Å²) in [5, 5.41) is 18.7. The summed E-state index contributed by atoms with van der Waals surface area (Å²) in [5.41, 5.74) is 0.631. The molecule has 0 unspecified atom stereocenters. The first-order valence-corrected chi connectivity index (χ1v) is 8.65. The fourth-order valence-electron chi connectivity index (χ4n) is 3.34. The van der Waals surface area contributed by atoms with E-state index in [-0.39, 0.29) is 5.82 Å². The average molecular weight is 347 g/mol. The van der Waals surface area contributed by atoms with Gasteiger partial charge in [-0.1, -0.05) is 12.1 Å². The van der Waals surface area contributed by atoms with E-state index in [4.69, 9.17) is 0 Å². The van der Waals surface area contributed by atoms with Crippen LogP contribution in [0.3, 0.4) is 0 Å². The minimum absolute atomic E-state index is 0.311. The van der Waals surface area contributed by atoms with Crippen LogP contribution in [0.15, 0.2) is 24.3 Å². The van der Waals surface area contributed by atoms with Crippen LogP contribution >= 0.6 is 0 Å². The van der Waals surface area contributed by atoms with E-state index in [1.165, 1.54) is 12.1 Å². The molecule has 1 saturated heterocycles. The second-order valence-corrected chi connectivity index (χ2v) is 6.91. The number of aryl methyl sites for hydroxylation is 1. The number of benzene rings is 1. The zero-order valence-electron chi connectivity index (χ0n) is 15.1. The van der Waals surface area contributed by atoms with Crippen LogP contribution in [0.4, 0.5) is 4.39 Å². The van der Waals surface area contributed by atoms with Crippen molar-refractivity contribution in [1.29, 1.82) is 0 Å². The number of β-amino-alcohol motifs (C(OH)–C–C–N with tert-alkyl or cyclic N) is 1. The van der Waals surface area contributed by atoms with Gasteiger partial charge in [0.05, 0.1) is 12.6 Å². The van der Waals surface area contributed by atoms with E-state index < -0.39 is 6.10 Å². The summed E-state index contributed by atoms with van der Waals surface area (Å²) in [6.07, 6.45) is 0.379. The molecule has 0 radical (unpaired) electrons. The molecular formula is C18H26FN5O. The van der Waals surface area contributed by atoms with Gasteiger partial charge in [0.15, 0.2) is 0 Å². The minimum atomic E-state index is -0.666. The SMILES string of the molecule is Cc1nnc(CN(C)[C@@H]2CCN(C[C@@H](O)c3cccc(F)c3)C2)n1C. The number of aliphatic hydroxyl groups is 1. The molecule has 25 heavy (non-hydrogen) atoms. The molecule has 7 heteroatoms. The van der Waals surface area contributed by atoms with Crippen molar-refractivity contribution in [2.75, 3.05) is 26.7 Å². The fourth-order valence-corrected chi connectivity index (χ4v) is 3.34. The maximum absolute atomic E-state index is 13.3. The van der Waals surface area contributed by atoms with Crippen LogP contribution in [0.5, 0.6) is 0 Å². The monoisotopic (exact) mass is 347 g/mol. The van der Waals surface area contributed by atoms with E-state index in [1.807, 2.05) is 18.5 Å². The molecule has 1 fully saturated rings. The molecule has 0 amide bonds. The Kier molecular flexibility index (Phi) is 5.46. The molecule has 1 aromatic heterocycles. The van der Waals surface area contributed by atoms with Crippen molar-refractivity contribution in [3.05, 3.63) is 47.3 Å². The highest BCUT2D eigenvalue weighted by molar-refractivity contribution is 5.19. The largest absolute Gasteiger partial charge is 0.387 e. The number of likely N-dealkylation sites (tertiary alicyclic amines) is 1. The van der Waals surface area contributed by atoms with Crippen LogP contribution in [-0.2, 0) is 13.6 Å². The molecule has 0 bridgehead atoms. The van der Waals surface area contributed by atoms with Gasteiger partial charge in [-0.15, -0.1) is 10.2 Å². The Hall–Kier alpha value is -1.83. The van der Waals surface area contributed by atoms with Gasteiger partial charge in [-0.3, -0.25) is 9.80 Å². The number of likely N-dealkylation sites (N-methyl/N-ethyl adjacent to an activating group) is 1. The lowest BCUT2D eigenvalue weighted by atomic mass is 10.1. The molecule has 1 N–H and O–H groups in total. The van der Waals surface area contributed by atoms with E-state index in [1.54, 1.807) is 12.1 Å². The van der Waals surface area contributed by atoms with Crippen LogP contribution in [0.1, 0.15) is 29.7 Å². The molecule has 136 valence electrons. The van der Waals surface area contributed by atoms with Gasteiger partial charge in [0.2, 0.25) is 0 Å². The maximum atomic E-state index is 13.3. The molecule has 2 atom stereocenters. The highest BCUT2D eigenvalue weighted by atomic mass is 19.1. The Balaban J connectivity index is 1.53. The van der Waals surface area contributed by atoms with Crippen molar-refractivity contribution >= 4 is 0 Å². The van der Waals surface area contributed by atoms with Crippen molar-refractivity contribution in [2.45, 2.75) is 32.0 Å². The third-order valence-electron chi connectivity index (χ3n) is 5.11. The van der Waals surface area contributed by atoms with Gasteiger partial charge >= 0.3 is 0 Å². The van der Waals surface area contributed by atoms with Gasteiger partial charge in [-0.05, 0) is 44.6 Å². The lowest BCUT2D eigenvalue weighted by Gasteiger charge is -2.25. The van der Waals surface area contributed by atoms with Crippen molar-refractivity contribution in [1.82, 2.24) is 24.6 Å². The molecule has 0 spiro atoms. The van der Waals surface area contributed by atoms with E-state index in [2.05, 4.69) is 27.0 Å². The van der Waals surface area contributed by atoms with E-state index >= 15 is 0 Å². The second kappa shape index (κ2) is 7.59. The number of rotatable bonds is 6. The van der Waals surface area contributed by atoms with Gasteiger partial charge in [0, 0.05) is 26.2 Å². The highest BCUT2D eigenvalue weighted by Gasteiger charge is 2.28. The second-order valence-electron chi connectivity index (χ2n) is 6.91. The van der Waals surface area contributed by atoms with Gasteiger partial charge < -0.3 is 9.67 Å². The van der Waals surface area contributed by atoms with Crippen molar-refractivity contribution < 1.29 is 9.50 Å². The van der Waals surface area contributed by atoms with E-state index in [0.29, 0.717) is 18.2 Å². The quantitative estimate of drug-likeness (QED) is 0.858. The van der Waals surface area contributed by atoms with E-state index in [0.717, 1.165) is 37.7 Å². The minimum Gasteiger partial charge on any atom is -0.387 e. The smallest absolute Gasteiger partial charge is 0.146 e. The number of hydrogen-bond donors (Lipinski definition) is 1. The summed E-state index contributed by atoms with van der Waals surface area (Å²) in [6, 6.07) is 6.62. The Morgan fingerprint density at radius 3 is 2.88 bits per heavy atom. The topological polar surface area (TPSA) is 57.4 Å². The summed E-state index contributed by atoms with van der Waals surface area (Å²) in [5.74, 6) is 1.56. The molecular weight excluding hydrogens is 321 g/mol. The van der Waals surface area contributed by atoms with Crippen molar-refractivity contribution in [2.24, 2.45) is 7.05 Å². The van der Waals surface area contributed by atoms with Crippen LogP contribution < -0.4 is 0 Å². The number of hydrogen-bond acceptors (Lipinski definition) is 5. The van der Waals surface area contributed by atoms with Crippen LogP contribution in [0.25, 0.3) is 0 Å². The van der Waals surface area contributed by atoms with Crippen molar-refractivity contribution in [3.8, 4) is 0 Å². The van der Waals surface area contributed by atoms with Gasteiger partial charge in [0.1, 0.15) is 17.5 Å². The number of aromatic nitrogens is 3. The Bertz CT molecular complexity index is 719. The third kappa shape index (κ3) is 4.23. The van der Waals surface area contributed by atoms with Crippen LogP contribution in [0.2, 0.25) is 0 Å². The average Bonchev–Trinajstić information content (AvgIpc) is 3.17. The Labute approximate surface area is 147 Å². The zero-order chi connectivity index (χ0) is 18.0. The summed E-state index contributed by atoms with van der Waals surface area (Å²) in [6.45, 7) is 5.04. The molecule has 0 aliphatic carbocycles. The van der Waals surface area contributed by atoms with Gasteiger partial charge in [0.25, 0.3) is 0 Å². The predicted molar refractivity (Wildman–Crippen MR) is 93.4 cm³/mol. The summed E-state index contributed by atoms with van der Waals surface area (Å²) in [4.78, 5) is 4.52. The van der Waals surface area contributed by atoms with Crippen molar-refractivity contribution in [3.63, 3.8) is 0 Å². The molecule has 1 aliphatic heterocycles. The first kappa shape index (κ1) is 18.0. The number of halogens is 1. The lowest BCUT2D eigenvalue weighted by Crippen LogP contribution is -2.35. The highest BCUT2D eigenvalue weighted by Crippen LogP contribution is 2.21. The molecule has 2 heterocycles. The lowest BCUT2D eigenvalue weighted by molar-refractivity contribution is 0.119. The predicted octanol–water partition coefficient (Wildman–Crippen LogP) is 1.50. The Morgan fingerprint density at radius 2 is 2.20 bits per heavy atom. The summed E-state index contributed by atoms with van der Waals surface area (Å²) >= 11 is 0. The fraction of sp³-hybridized carbons (Fsp3) is 0.556. The Morgan fingerprint density at radius 1 is 1.40 bits per heavy atom. The molecule has 1 aliphatic rings. The molecule has 6 nitrogen and oxygen atoms in total. The molecule has 2 aromatic rings.